The maximum absolute atomic E-state index is 13.7. The van der Waals surface area contributed by atoms with Gasteiger partial charge >= 0.3 is 0 Å². The van der Waals surface area contributed by atoms with Crippen LogP contribution in [0.4, 0.5) is 28.6 Å². The molecule has 8 rings (SSSR count). The predicted octanol–water partition coefficient (Wildman–Crippen LogP) is 9.60. The molecule has 63 heavy (non-hydrogen) atoms. The normalized spacial score (nSPS) is 17.8. The van der Waals surface area contributed by atoms with Crippen LogP contribution < -0.4 is 19.8 Å². The van der Waals surface area contributed by atoms with Crippen LogP contribution in [0.2, 0.25) is 5.02 Å². The third-order valence-corrected chi connectivity index (χ3v) is 14.9. The SMILES string of the molecule is C[C@H](CCSc1ccc(N2CCOCC2)cc1)Nc1ccc(S(=O)(=O)Nc2ncnc3cc(N4CCN(CC5=C(c6ccc(Cl)cc6)CCC(C)(C)C5)CC4)ccc23)cc1[N+](=O)[O-]. The Bertz CT molecular complexity index is 2560. The van der Waals surface area contributed by atoms with Crippen LogP contribution in [0.25, 0.3) is 16.5 Å². The lowest BCUT2D eigenvalue weighted by Gasteiger charge is -2.39. The summed E-state index contributed by atoms with van der Waals surface area (Å²) in [5.41, 5.74) is 7.21. The summed E-state index contributed by atoms with van der Waals surface area (Å²) in [6.45, 7) is 14.4. The second-order valence-corrected chi connectivity index (χ2v) is 20.7. The number of hydrogen-bond acceptors (Lipinski definition) is 12. The van der Waals surface area contributed by atoms with Crippen LogP contribution in [0, 0.1) is 15.5 Å². The van der Waals surface area contributed by atoms with E-state index in [0.29, 0.717) is 10.9 Å². The highest BCUT2D eigenvalue weighted by molar-refractivity contribution is 7.99. The molecule has 2 fully saturated rings. The van der Waals surface area contributed by atoms with Crippen LogP contribution in [-0.4, -0.2) is 99.0 Å². The monoisotopic (exact) mass is 910 g/mol. The van der Waals surface area contributed by atoms with Gasteiger partial charge in [-0.2, -0.15) is 0 Å². The maximum atomic E-state index is 13.7. The Balaban J connectivity index is 0.878. The Labute approximate surface area is 379 Å². The molecule has 3 aliphatic rings. The second kappa shape index (κ2) is 19.4. The fourth-order valence-corrected chi connectivity index (χ4v) is 10.9. The molecule has 4 aromatic carbocycles. The molecule has 16 heteroatoms. The van der Waals surface area contributed by atoms with Gasteiger partial charge in [0.25, 0.3) is 15.7 Å². The van der Waals surface area contributed by atoms with Crippen molar-refractivity contribution >= 4 is 78.4 Å². The highest BCUT2D eigenvalue weighted by Gasteiger charge is 2.30. The molecule has 1 aromatic heterocycles. The van der Waals surface area contributed by atoms with Crippen molar-refractivity contribution in [2.24, 2.45) is 5.41 Å². The Kier molecular flexibility index (Phi) is 13.8. The van der Waals surface area contributed by atoms with E-state index < -0.39 is 14.9 Å². The van der Waals surface area contributed by atoms with E-state index in [4.69, 9.17) is 16.3 Å². The number of anilines is 4. The van der Waals surface area contributed by atoms with Crippen molar-refractivity contribution in [3.8, 4) is 0 Å². The predicted molar refractivity (Wildman–Crippen MR) is 256 cm³/mol. The Morgan fingerprint density at radius 2 is 1.62 bits per heavy atom. The van der Waals surface area contributed by atoms with E-state index >= 15 is 0 Å². The maximum Gasteiger partial charge on any atom is 0.293 e. The molecule has 3 heterocycles. The van der Waals surface area contributed by atoms with Gasteiger partial charge in [-0.15, -0.1) is 11.8 Å². The van der Waals surface area contributed by atoms with Crippen molar-refractivity contribution in [2.75, 3.05) is 84.6 Å². The molecule has 0 bridgehead atoms. The van der Waals surface area contributed by atoms with Gasteiger partial charge in [0.2, 0.25) is 0 Å². The van der Waals surface area contributed by atoms with E-state index in [1.54, 1.807) is 11.8 Å². The summed E-state index contributed by atoms with van der Waals surface area (Å²) in [5.74, 6) is 0.897. The summed E-state index contributed by atoms with van der Waals surface area (Å²) in [6.07, 6.45) is 5.37. The summed E-state index contributed by atoms with van der Waals surface area (Å²) in [6, 6.07) is 26.3. The van der Waals surface area contributed by atoms with E-state index in [1.807, 2.05) is 37.3 Å². The van der Waals surface area contributed by atoms with Crippen molar-refractivity contribution in [2.45, 2.75) is 62.3 Å². The number of nitrogens with zero attached hydrogens (tertiary/aromatic N) is 6. The average molecular weight is 912 g/mol. The minimum Gasteiger partial charge on any atom is -0.378 e. The molecule has 0 unspecified atom stereocenters. The fraction of sp³-hybridized carbons (Fsp3) is 0.404. The van der Waals surface area contributed by atoms with Gasteiger partial charge in [-0.05, 0) is 122 Å². The van der Waals surface area contributed by atoms with Crippen molar-refractivity contribution < 1.29 is 18.1 Å². The minimum absolute atomic E-state index is 0.100. The van der Waals surface area contributed by atoms with Gasteiger partial charge in [0.15, 0.2) is 5.82 Å². The number of nitro benzene ring substituents is 1. The number of hydrogen-bond donors (Lipinski definition) is 2. The number of fused-ring (bicyclic) bond motifs is 1. The van der Waals surface area contributed by atoms with Crippen molar-refractivity contribution in [1.82, 2.24) is 14.9 Å². The number of nitro groups is 1. The minimum atomic E-state index is -4.25. The van der Waals surface area contributed by atoms with Crippen LogP contribution in [0.1, 0.15) is 52.0 Å². The first kappa shape index (κ1) is 44.7. The number of rotatable bonds is 15. The number of piperazine rings is 1. The number of thioether (sulfide) groups is 1. The number of aromatic nitrogens is 2. The first-order chi connectivity index (χ1) is 30.3. The van der Waals surface area contributed by atoms with Crippen molar-refractivity contribution in [3.63, 3.8) is 0 Å². The Morgan fingerprint density at radius 3 is 2.35 bits per heavy atom. The molecule has 13 nitrogen and oxygen atoms in total. The number of ether oxygens (including phenoxy) is 1. The molecular formula is C47H55ClN8O5S2. The molecule has 5 aromatic rings. The van der Waals surface area contributed by atoms with E-state index in [9.17, 15) is 18.5 Å². The zero-order valence-corrected chi connectivity index (χ0v) is 38.4. The highest BCUT2D eigenvalue weighted by atomic mass is 35.5. The van der Waals surface area contributed by atoms with E-state index in [-0.39, 0.29) is 33.5 Å². The first-order valence-electron chi connectivity index (χ1n) is 21.6. The summed E-state index contributed by atoms with van der Waals surface area (Å²) >= 11 is 7.94. The first-order valence-corrected chi connectivity index (χ1v) is 24.5. The zero-order chi connectivity index (χ0) is 44.1. The number of morpholine rings is 1. The van der Waals surface area contributed by atoms with Crippen LogP contribution >= 0.6 is 23.4 Å². The van der Waals surface area contributed by atoms with Gasteiger partial charge in [-0.1, -0.05) is 43.2 Å². The molecule has 2 aliphatic heterocycles. The highest BCUT2D eigenvalue weighted by Crippen LogP contribution is 2.43. The zero-order valence-electron chi connectivity index (χ0n) is 36.1. The molecule has 0 amide bonds. The molecular weight excluding hydrogens is 856 g/mol. The van der Waals surface area contributed by atoms with Crippen molar-refractivity contribution in [1.29, 1.82) is 0 Å². The van der Waals surface area contributed by atoms with Crippen LogP contribution in [0.15, 0.2) is 107 Å². The van der Waals surface area contributed by atoms with E-state index in [2.05, 4.69) is 85.0 Å². The molecule has 0 saturated carbocycles. The summed E-state index contributed by atoms with van der Waals surface area (Å²) in [7, 11) is -4.25. The number of benzene rings is 4. The topological polar surface area (TPSA) is 146 Å². The molecule has 1 atom stereocenters. The third kappa shape index (κ3) is 11.1. The lowest BCUT2D eigenvalue weighted by Crippen LogP contribution is -2.47. The molecule has 0 radical (unpaired) electrons. The van der Waals surface area contributed by atoms with E-state index in [1.165, 1.54) is 40.9 Å². The Morgan fingerprint density at radius 1 is 0.905 bits per heavy atom. The molecule has 332 valence electrons. The molecule has 0 spiro atoms. The van der Waals surface area contributed by atoms with Crippen molar-refractivity contribution in [3.05, 3.63) is 118 Å². The summed E-state index contributed by atoms with van der Waals surface area (Å²) in [4.78, 5) is 28.5. The third-order valence-electron chi connectivity index (χ3n) is 12.3. The lowest BCUT2D eigenvalue weighted by atomic mass is 9.73. The standard InChI is InChI=1S/C47H55ClN8O5S2/c1-33(17-27-62-39-11-8-37(9-12-39)55-23-25-61-26-24-55)51-43-15-13-40(29-45(43)56(57)58)63(59,60)52-46-42-14-10-38(28-44(42)49-32-50-46)54-21-19-53(20-22-54)31-35-30-47(2,3)18-16-41(35)34-4-6-36(48)7-5-34/h4-15,28-29,32-33,51H,16-27,30-31H2,1-3H3,(H,49,50,52)/t33-/m1/s1. The second-order valence-electron chi connectivity index (χ2n) is 17.4. The molecule has 2 saturated heterocycles. The number of allylic oxidation sites excluding steroid dienone is 1. The van der Waals surface area contributed by atoms with Gasteiger partial charge in [0.1, 0.15) is 12.0 Å². The largest absolute Gasteiger partial charge is 0.378 e. The quantitative estimate of drug-likeness (QED) is 0.0586. The van der Waals surface area contributed by atoms with E-state index in [0.717, 1.165) is 112 Å². The number of nitrogens with one attached hydrogen (secondary N) is 2. The van der Waals surface area contributed by atoms with Crippen LogP contribution in [0.3, 0.4) is 0 Å². The van der Waals surface area contributed by atoms with Crippen LogP contribution in [0.5, 0.6) is 0 Å². The smallest absolute Gasteiger partial charge is 0.293 e. The summed E-state index contributed by atoms with van der Waals surface area (Å²) < 4.78 is 35.5. The number of halogens is 1. The number of sulfonamides is 1. The fourth-order valence-electron chi connectivity index (χ4n) is 8.73. The Hall–Kier alpha value is -4.93. The van der Waals surface area contributed by atoms with Crippen LogP contribution in [-0.2, 0) is 14.8 Å². The van der Waals surface area contributed by atoms with Gasteiger partial charge in [0, 0.05) is 84.6 Å². The summed E-state index contributed by atoms with van der Waals surface area (Å²) in [5, 5.41) is 16.7. The van der Waals surface area contributed by atoms with Gasteiger partial charge in [-0.25, -0.2) is 18.4 Å². The van der Waals surface area contributed by atoms with Gasteiger partial charge < -0.3 is 19.9 Å². The molecule has 1 aliphatic carbocycles. The average Bonchev–Trinajstić information content (AvgIpc) is 3.27. The van der Waals surface area contributed by atoms with Gasteiger partial charge in [0.05, 0.1) is 28.5 Å². The van der Waals surface area contributed by atoms with Gasteiger partial charge in [-0.3, -0.25) is 19.7 Å². The molecule has 2 N–H and O–H groups in total. The lowest BCUT2D eigenvalue weighted by molar-refractivity contribution is -0.384.